The predicted molar refractivity (Wildman–Crippen MR) is 114 cm³/mol. The van der Waals surface area contributed by atoms with Crippen LogP contribution in [0.2, 0.25) is 0 Å². The molecule has 0 saturated carbocycles. The molecule has 1 aromatic heterocycles. The Morgan fingerprint density at radius 2 is 1.94 bits per heavy atom. The van der Waals surface area contributed by atoms with Crippen molar-refractivity contribution in [2.75, 3.05) is 19.6 Å². The van der Waals surface area contributed by atoms with E-state index < -0.39 is 6.61 Å². The first-order valence-electron chi connectivity index (χ1n) is 10.5. The van der Waals surface area contributed by atoms with E-state index in [1.54, 1.807) is 12.1 Å². The molecule has 0 spiro atoms. The Bertz CT molecular complexity index is 925. The molecule has 0 radical (unpaired) electrons. The summed E-state index contributed by atoms with van der Waals surface area (Å²) in [6, 6.07) is 8.24. The summed E-state index contributed by atoms with van der Waals surface area (Å²) in [5.74, 6) is 0.242. The van der Waals surface area contributed by atoms with Crippen LogP contribution in [0.25, 0.3) is 5.69 Å². The lowest BCUT2D eigenvalue weighted by molar-refractivity contribution is -0.118. The maximum atomic E-state index is 13.0. The number of nitrogens with two attached hydrogens (primary N) is 1. The van der Waals surface area contributed by atoms with E-state index in [0.717, 1.165) is 49.4 Å². The molecule has 31 heavy (non-hydrogen) atoms. The maximum absolute atomic E-state index is 13.0. The second-order valence-electron chi connectivity index (χ2n) is 8.16. The van der Waals surface area contributed by atoms with Gasteiger partial charge in [0.1, 0.15) is 5.75 Å². The number of carbonyl (C=O) groups excluding carboxylic acids is 2. The van der Waals surface area contributed by atoms with Gasteiger partial charge in [0.05, 0.1) is 6.54 Å². The number of rotatable bonds is 9. The molecule has 1 aromatic carbocycles. The van der Waals surface area contributed by atoms with Crippen LogP contribution in [-0.4, -0.2) is 47.4 Å². The van der Waals surface area contributed by atoms with Crippen LogP contribution in [0.4, 0.5) is 8.78 Å². The average molecular weight is 433 g/mol. The summed E-state index contributed by atoms with van der Waals surface area (Å²) in [5, 5.41) is 0. The van der Waals surface area contributed by atoms with E-state index in [4.69, 9.17) is 5.73 Å². The molecule has 1 fully saturated rings. The zero-order valence-corrected chi connectivity index (χ0v) is 17.9. The van der Waals surface area contributed by atoms with Gasteiger partial charge in [-0.3, -0.25) is 14.5 Å². The molecular formula is C23H29F2N3O3. The Kier molecular flexibility index (Phi) is 7.43. The molecule has 168 valence electrons. The van der Waals surface area contributed by atoms with Crippen LogP contribution in [-0.2, 0) is 4.79 Å². The van der Waals surface area contributed by atoms with Gasteiger partial charge in [-0.05, 0) is 75.9 Å². The van der Waals surface area contributed by atoms with Crippen LogP contribution in [0.3, 0.4) is 0 Å². The van der Waals surface area contributed by atoms with Crippen molar-refractivity contribution in [2.24, 2.45) is 11.7 Å². The molecule has 2 N–H and O–H groups in total. The standard InChI is InChI=1S/C23H29F2N3O3/c1-15-12-20(16(2)28(15)18-6-8-19(9-7-18)31-23(24)25)21(29)14-27-11-3-4-17(13-27)5-10-22(26)30/h6-9,12,17,23H,3-5,10-11,13-14H2,1-2H3,(H2,26,30). The molecule has 0 bridgehead atoms. The fourth-order valence-electron chi connectivity index (χ4n) is 4.38. The van der Waals surface area contributed by atoms with Gasteiger partial charge < -0.3 is 15.0 Å². The predicted octanol–water partition coefficient (Wildman–Crippen LogP) is 3.86. The molecule has 1 unspecified atom stereocenters. The summed E-state index contributed by atoms with van der Waals surface area (Å²) in [5.41, 5.74) is 8.40. The van der Waals surface area contributed by atoms with E-state index in [9.17, 15) is 18.4 Å². The number of hydrogen-bond donors (Lipinski definition) is 1. The first-order valence-corrected chi connectivity index (χ1v) is 10.5. The van der Waals surface area contributed by atoms with Crippen LogP contribution in [0.15, 0.2) is 30.3 Å². The zero-order chi connectivity index (χ0) is 22.5. The average Bonchev–Trinajstić information content (AvgIpc) is 3.01. The maximum Gasteiger partial charge on any atom is 0.387 e. The number of amides is 1. The van der Waals surface area contributed by atoms with Gasteiger partial charge in [0, 0.05) is 35.6 Å². The first-order chi connectivity index (χ1) is 14.7. The topological polar surface area (TPSA) is 77.6 Å². The Labute approximate surface area is 181 Å². The molecular weight excluding hydrogens is 404 g/mol. The summed E-state index contributed by atoms with van der Waals surface area (Å²) in [6.07, 6.45) is 3.20. The highest BCUT2D eigenvalue weighted by molar-refractivity contribution is 5.99. The molecule has 1 atom stereocenters. The number of carbonyl (C=O) groups is 2. The molecule has 3 rings (SSSR count). The Hall–Kier alpha value is -2.74. The fourth-order valence-corrected chi connectivity index (χ4v) is 4.38. The highest BCUT2D eigenvalue weighted by Crippen LogP contribution is 2.25. The van der Waals surface area contributed by atoms with Crippen molar-refractivity contribution >= 4 is 11.7 Å². The lowest BCUT2D eigenvalue weighted by Crippen LogP contribution is -2.39. The first kappa shape index (κ1) is 22.9. The van der Waals surface area contributed by atoms with Crippen molar-refractivity contribution in [2.45, 2.75) is 46.1 Å². The minimum atomic E-state index is -2.87. The summed E-state index contributed by atoms with van der Waals surface area (Å²) >= 11 is 0. The molecule has 2 heterocycles. The molecule has 0 aliphatic carbocycles. The lowest BCUT2D eigenvalue weighted by atomic mass is 9.93. The molecule has 1 aliphatic rings. The van der Waals surface area contributed by atoms with Crippen molar-refractivity contribution < 1.29 is 23.1 Å². The van der Waals surface area contributed by atoms with Gasteiger partial charge in [-0.1, -0.05) is 0 Å². The number of likely N-dealkylation sites (tertiary alicyclic amines) is 1. The van der Waals surface area contributed by atoms with Crippen LogP contribution >= 0.6 is 0 Å². The number of ketones is 1. The van der Waals surface area contributed by atoms with Crippen molar-refractivity contribution in [1.82, 2.24) is 9.47 Å². The summed E-state index contributed by atoms with van der Waals surface area (Å²) in [7, 11) is 0. The molecule has 2 aromatic rings. The third-order valence-corrected chi connectivity index (χ3v) is 5.82. The second-order valence-corrected chi connectivity index (χ2v) is 8.16. The molecule has 1 aliphatic heterocycles. The minimum absolute atomic E-state index is 0.0487. The number of ether oxygens (including phenoxy) is 1. The Morgan fingerprint density at radius 3 is 2.58 bits per heavy atom. The number of aryl methyl sites for hydroxylation is 1. The highest BCUT2D eigenvalue weighted by atomic mass is 19.3. The SMILES string of the molecule is Cc1cc(C(=O)CN2CCCC(CCC(N)=O)C2)c(C)n1-c1ccc(OC(F)F)cc1. The molecule has 1 amide bonds. The Morgan fingerprint density at radius 1 is 1.23 bits per heavy atom. The van der Waals surface area contributed by atoms with Gasteiger partial charge in [-0.15, -0.1) is 0 Å². The number of halogens is 2. The number of hydrogen-bond acceptors (Lipinski definition) is 4. The second kappa shape index (κ2) is 10.0. The summed E-state index contributed by atoms with van der Waals surface area (Å²) in [6.45, 7) is 2.92. The molecule has 8 heteroatoms. The van der Waals surface area contributed by atoms with Crippen LogP contribution in [0, 0.1) is 19.8 Å². The number of piperidine rings is 1. The van der Waals surface area contributed by atoms with Crippen molar-refractivity contribution in [3.8, 4) is 11.4 Å². The largest absolute Gasteiger partial charge is 0.435 e. The van der Waals surface area contributed by atoms with Crippen molar-refractivity contribution in [1.29, 1.82) is 0 Å². The molecule has 1 saturated heterocycles. The third kappa shape index (κ3) is 5.91. The number of alkyl halides is 2. The summed E-state index contributed by atoms with van der Waals surface area (Å²) in [4.78, 5) is 26.3. The van der Waals surface area contributed by atoms with Gasteiger partial charge in [0.2, 0.25) is 5.91 Å². The van der Waals surface area contributed by atoms with Crippen molar-refractivity contribution in [3.63, 3.8) is 0 Å². The smallest absolute Gasteiger partial charge is 0.387 e. The molecule has 6 nitrogen and oxygen atoms in total. The van der Waals surface area contributed by atoms with Crippen LogP contribution < -0.4 is 10.5 Å². The summed E-state index contributed by atoms with van der Waals surface area (Å²) < 4.78 is 31.1. The highest BCUT2D eigenvalue weighted by Gasteiger charge is 2.24. The van der Waals surface area contributed by atoms with E-state index >= 15 is 0 Å². The normalized spacial score (nSPS) is 17.1. The number of Topliss-reactive ketones (excluding diaryl/α,β-unsaturated/α-hetero) is 1. The van der Waals surface area contributed by atoms with E-state index in [-0.39, 0.29) is 17.4 Å². The van der Waals surface area contributed by atoms with Crippen LogP contribution in [0.1, 0.15) is 47.4 Å². The van der Waals surface area contributed by atoms with Gasteiger partial charge >= 0.3 is 6.61 Å². The zero-order valence-electron chi connectivity index (χ0n) is 17.9. The van der Waals surface area contributed by atoms with E-state index in [1.165, 1.54) is 12.1 Å². The quantitative estimate of drug-likeness (QED) is 0.610. The van der Waals surface area contributed by atoms with Crippen molar-refractivity contribution in [3.05, 3.63) is 47.3 Å². The lowest BCUT2D eigenvalue weighted by Gasteiger charge is -2.32. The van der Waals surface area contributed by atoms with E-state index in [2.05, 4.69) is 9.64 Å². The Balaban J connectivity index is 1.69. The van der Waals surface area contributed by atoms with Gasteiger partial charge in [-0.2, -0.15) is 8.78 Å². The van der Waals surface area contributed by atoms with E-state index in [0.29, 0.717) is 24.4 Å². The van der Waals surface area contributed by atoms with Gasteiger partial charge in [0.15, 0.2) is 5.78 Å². The van der Waals surface area contributed by atoms with Gasteiger partial charge in [0.25, 0.3) is 0 Å². The minimum Gasteiger partial charge on any atom is -0.435 e. The fraction of sp³-hybridized carbons (Fsp3) is 0.478. The monoisotopic (exact) mass is 433 g/mol. The van der Waals surface area contributed by atoms with Crippen LogP contribution in [0.5, 0.6) is 5.75 Å². The van der Waals surface area contributed by atoms with Gasteiger partial charge in [-0.25, -0.2) is 0 Å². The number of nitrogens with zero attached hydrogens (tertiary/aromatic N) is 2. The third-order valence-electron chi connectivity index (χ3n) is 5.82. The van der Waals surface area contributed by atoms with E-state index in [1.807, 2.05) is 24.5 Å². The number of benzene rings is 1. The number of aromatic nitrogens is 1. The number of primary amides is 1.